The molecule has 0 N–H and O–H groups in total. The Bertz CT molecular complexity index is 1130. The van der Waals surface area contributed by atoms with Gasteiger partial charge in [0.25, 0.3) is 0 Å². The minimum atomic E-state index is -8.92. The lowest BCUT2D eigenvalue weighted by Gasteiger charge is -2.42. The zero-order valence-electron chi connectivity index (χ0n) is 21.3. The topological polar surface area (TPSA) is 91.3 Å². The number of Topliss-reactive ketones (excluding diaryl/α,β-unsaturated/α-hetero) is 2. The highest BCUT2D eigenvalue weighted by atomic mass is 32.2. The molecule has 0 saturated carbocycles. The summed E-state index contributed by atoms with van der Waals surface area (Å²) in [6.07, 6.45) is -6.50. The van der Waals surface area contributed by atoms with Crippen LogP contribution < -0.4 is 0 Å². The molecular formula is C19H19F17O5S2. The van der Waals surface area contributed by atoms with Crippen molar-refractivity contribution in [3.63, 3.8) is 0 Å². The van der Waals surface area contributed by atoms with Crippen LogP contribution in [0.5, 0.6) is 0 Å². The fourth-order valence-electron chi connectivity index (χ4n) is 2.60. The largest absolute Gasteiger partial charge is 0.743 e. The van der Waals surface area contributed by atoms with E-state index in [1.165, 1.54) is 0 Å². The SMILES string of the molecule is CC(C)(C)C(=O)C[S+]1CCC(=O)CC1.O=S(=O)([O-])C(F)(F)C(F)(F)C(F)(F)C(F)(F)C(F)(F)C(F)(F)C(F)(F)C(F)(F)F. The number of hydrogen-bond acceptors (Lipinski definition) is 5. The molecule has 0 aromatic rings. The van der Waals surface area contributed by atoms with E-state index in [2.05, 4.69) is 0 Å². The Morgan fingerprint density at radius 3 is 1.23 bits per heavy atom. The highest BCUT2D eigenvalue weighted by Gasteiger charge is 2.95. The van der Waals surface area contributed by atoms with Gasteiger partial charge in [0.05, 0.1) is 12.8 Å². The molecule has 1 saturated heterocycles. The number of carbonyl (C=O) groups excluding carboxylic acids is 2. The van der Waals surface area contributed by atoms with Gasteiger partial charge in [-0.05, 0) is 10.9 Å². The summed E-state index contributed by atoms with van der Waals surface area (Å²) in [5.41, 5.74) is -0.214. The van der Waals surface area contributed by atoms with Gasteiger partial charge in [-0.3, -0.25) is 9.59 Å². The zero-order valence-corrected chi connectivity index (χ0v) is 23.0. The lowest BCUT2D eigenvalue weighted by Crippen LogP contribution is -2.75. The zero-order chi connectivity index (χ0) is 35.3. The first kappa shape index (κ1) is 41.4. The second kappa shape index (κ2) is 12.0. The van der Waals surface area contributed by atoms with Crippen molar-refractivity contribution in [3.8, 4) is 0 Å². The number of hydrogen-bond donors (Lipinski definition) is 0. The van der Waals surface area contributed by atoms with E-state index in [0.717, 1.165) is 11.5 Å². The van der Waals surface area contributed by atoms with Crippen molar-refractivity contribution in [1.82, 2.24) is 0 Å². The predicted octanol–water partition coefficient (Wildman–Crippen LogP) is 6.08. The average molecular weight is 714 g/mol. The summed E-state index contributed by atoms with van der Waals surface area (Å²) in [5.74, 6) is -48.8. The number of rotatable bonds is 9. The summed E-state index contributed by atoms with van der Waals surface area (Å²) in [4.78, 5) is 22.7. The molecule has 1 fully saturated rings. The number of alkyl halides is 17. The third-order valence-electron chi connectivity index (χ3n) is 5.52. The summed E-state index contributed by atoms with van der Waals surface area (Å²) in [6, 6.07) is 0. The van der Waals surface area contributed by atoms with E-state index in [0.29, 0.717) is 30.2 Å². The first-order valence-corrected chi connectivity index (χ1v) is 13.9. The van der Waals surface area contributed by atoms with E-state index in [1.807, 2.05) is 20.8 Å². The van der Waals surface area contributed by atoms with Crippen LogP contribution in [-0.4, -0.2) is 88.8 Å². The molecule has 0 aliphatic carbocycles. The Labute approximate surface area is 233 Å². The van der Waals surface area contributed by atoms with Crippen molar-refractivity contribution in [2.75, 3.05) is 17.3 Å². The van der Waals surface area contributed by atoms with E-state index in [4.69, 9.17) is 0 Å². The number of carbonyl (C=O) groups is 2. The first-order chi connectivity index (χ1) is 18.4. The van der Waals surface area contributed by atoms with Crippen molar-refractivity contribution in [3.05, 3.63) is 0 Å². The molecule has 0 spiro atoms. The van der Waals surface area contributed by atoms with E-state index in [1.54, 1.807) is 0 Å². The van der Waals surface area contributed by atoms with Gasteiger partial charge in [0.1, 0.15) is 17.3 Å². The van der Waals surface area contributed by atoms with Crippen molar-refractivity contribution in [2.45, 2.75) is 80.6 Å². The maximum Gasteiger partial charge on any atom is 0.460 e. The number of ketones is 2. The van der Waals surface area contributed by atoms with Gasteiger partial charge in [0.2, 0.25) is 0 Å². The maximum absolute atomic E-state index is 13.0. The molecule has 0 aromatic carbocycles. The molecular weight excluding hydrogens is 695 g/mol. The molecule has 0 aromatic heterocycles. The third kappa shape index (κ3) is 7.29. The lowest BCUT2D eigenvalue weighted by molar-refractivity contribution is -0.458. The lowest BCUT2D eigenvalue weighted by atomic mass is 9.91. The van der Waals surface area contributed by atoms with Crippen molar-refractivity contribution >= 4 is 32.6 Å². The minimum absolute atomic E-state index is 0.188. The summed E-state index contributed by atoms with van der Waals surface area (Å²) in [5, 5.41) is -7.95. The molecule has 24 heteroatoms. The maximum atomic E-state index is 13.0. The van der Waals surface area contributed by atoms with Gasteiger partial charge in [-0.2, -0.15) is 74.6 Å². The molecule has 1 heterocycles. The van der Waals surface area contributed by atoms with Crippen LogP contribution in [0.3, 0.4) is 0 Å². The first-order valence-electron chi connectivity index (χ1n) is 10.8. The minimum Gasteiger partial charge on any atom is -0.743 e. The van der Waals surface area contributed by atoms with Crippen LogP contribution in [0.25, 0.3) is 0 Å². The van der Waals surface area contributed by atoms with E-state index < -0.39 is 57.1 Å². The standard InChI is InChI=1S/C11H19O2S.C8HF17O3S/c1-11(2,3)10(13)8-14-6-4-9(12)5-7-14;9-1(10,3(13,14)5(17,18)7(21,22)23)2(11,12)4(15,16)6(19,20)8(24,25)29(26,27)28/h4-8H2,1-3H3;(H,26,27,28)/q+1;/p-1. The van der Waals surface area contributed by atoms with Crippen molar-refractivity contribution < 1.29 is 97.2 Å². The van der Waals surface area contributed by atoms with Crippen LogP contribution in [0.1, 0.15) is 33.6 Å². The fourth-order valence-corrected chi connectivity index (χ4v) is 5.37. The molecule has 5 nitrogen and oxygen atoms in total. The molecule has 0 bridgehead atoms. The summed E-state index contributed by atoms with van der Waals surface area (Å²) in [6.45, 7) is 5.90. The highest BCUT2D eigenvalue weighted by molar-refractivity contribution is 7.97. The smallest absolute Gasteiger partial charge is 0.460 e. The molecule has 1 rings (SSSR count). The Hall–Kier alpha value is -1.59. The molecule has 0 unspecified atom stereocenters. The molecule has 1 aliphatic rings. The van der Waals surface area contributed by atoms with E-state index in [9.17, 15) is 97.2 Å². The molecule has 256 valence electrons. The van der Waals surface area contributed by atoms with Crippen LogP contribution in [0, 0.1) is 5.41 Å². The average Bonchev–Trinajstić information content (AvgIpc) is 2.78. The van der Waals surface area contributed by atoms with E-state index in [-0.39, 0.29) is 16.3 Å². The normalized spacial score (nSPS) is 17.8. The van der Waals surface area contributed by atoms with Crippen LogP contribution >= 0.6 is 0 Å². The molecule has 43 heavy (non-hydrogen) atoms. The molecule has 0 atom stereocenters. The van der Waals surface area contributed by atoms with Gasteiger partial charge >= 0.3 is 47.0 Å². The summed E-state index contributed by atoms with van der Waals surface area (Å²) >= 11 is 0. The van der Waals surface area contributed by atoms with Crippen LogP contribution in [0.2, 0.25) is 0 Å². The van der Waals surface area contributed by atoms with Crippen molar-refractivity contribution in [1.29, 1.82) is 0 Å². The predicted molar refractivity (Wildman–Crippen MR) is 111 cm³/mol. The fraction of sp³-hybridized carbons (Fsp3) is 0.895. The second-order valence-electron chi connectivity index (χ2n) is 9.79. The quantitative estimate of drug-likeness (QED) is 0.164. The van der Waals surface area contributed by atoms with Gasteiger partial charge in [-0.15, -0.1) is 0 Å². The Kier molecular flexibility index (Phi) is 11.5. The second-order valence-corrected chi connectivity index (χ2v) is 13.5. The van der Waals surface area contributed by atoms with Gasteiger partial charge in [-0.25, -0.2) is 8.42 Å². The van der Waals surface area contributed by atoms with Gasteiger partial charge in [0, 0.05) is 5.41 Å². The van der Waals surface area contributed by atoms with Crippen LogP contribution in [0.4, 0.5) is 74.6 Å². The molecule has 1 aliphatic heterocycles. The molecule has 0 amide bonds. The Morgan fingerprint density at radius 1 is 0.651 bits per heavy atom. The Morgan fingerprint density at radius 2 is 0.953 bits per heavy atom. The van der Waals surface area contributed by atoms with Crippen LogP contribution in [0.15, 0.2) is 0 Å². The third-order valence-corrected chi connectivity index (χ3v) is 8.64. The van der Waals surface area contributed by atoms with Crippen LogP contribution in [-0.2, 0) is 30.6 Å². The summed E-state index contributed by atoms with van der Waals surface area (Å²) < 4.78 is 244. The van der Waals surface area contributed by atoms with Gasteiger partial charge in [0.15, 0.2) is 21.7 Å². The number of halogens is 17. The molecule has 0 radical (unpaired) electrons. The summed E-state index contributed by atoms with van der Waals surface area (Å²) in [7, 11) is -7.96. The van der Waals surface area contributed by atoms with E-state index >= 15 is 0 Å². The van der Waals surface area contributed by atoms with Crippen molar-refractivity contribution in [2.24, 2.45) is 5.41 Å². The van der Waals surface area contributed by atoms with Gasteiger partial charge in [-0.1, -0.05) is 20.8 Å². The highest BCUT2D eigenvalue weighted by Crippen LogP contribution is 2.64. The monoisotopic (exact) mass is 714 g/mol. The Balaban J connectivity index is 0.00000104. The van der Waals surface area contributed by atoms with Gasteiger partial charge < -0.3 is 4.55 Å².